The first-order valence-corrected chi connectivity index (χ1v) is 9.18. The number of hydrogen-bond acceptors (Lipinski definition) is 4. The van der Waals surface area contributed by atoms with Crippen LogP contribution in [0.15, 0.2) is 34.7 Å². The Morgan fingerprint density at radius 1 is 1.14 bits per heavy atom. The van der Waals surface area contributed by atoms with Crippen LogP contribution >= 0.6 is 0 Å². The minimum Gasteiger partial charge on any atom is -0.493 e. The normalized spacial score (nSPS) is 15.7. The summed E-state index contributed by atoms with van der Waals surface area (Å²) in [6.45, 7) is 8.94. The molecule has 0 saturated heterocycles. The third kappa shape index (κ3) is 2.97. The second kappa shape index (κ2) is 6.68. The molecule has 0 saturated carbocycles. The van der Waals surface area contributed by atoms with Crippen LogP contribution in [0.5, 0.6) is 5.88 Å². The quantitative estimate of drug-likeness (QED) is 0.676. The lowest BCUT2D eigenvalue weighted by atomic mass is 10.0. The molecule has 9 heteroatoms. The van der Waals surface area contributed by atoms with Gasteiger partial charge >= 0.3 is 7.40 Å². The number of fused-ring (bicyclic) bond motifs is 1. The fourth-order valence-electron chi connectivity index (χ4n) is 3.84. The van der Waals surface area contributed by atoms with Crippen molar-refractivity contribution in [1.29, 1.82) is 0 Å². The van der Waals surface area contributed by atoms with Crippen molar-refractivity contribution in [2.75, 3.05) is 0 Å². The number of nitrogens with zero attached hydrogens (tertiary/aromatic N) is 5. The van der Waals surface area contributed by atoms with Crippen LogP contribution in [-0.2, 0) is 0 Å². The molecule has 3 aromatic rings. The van der Waals surface area contributed by atoms with Crippen molar-refractivity contribution < 1.29 is 13.7 Å². The minimum absolute atomic E-state index is 0.0612. The van der Waals surface area contributed by atoms with E-state index < -0.39 is 7.40 Å². The van der Waals surface area contributed by atoms with E-state index in [1.54, 1.807) is 42.8 Å². The summed E-state index contributed by atoms with van der Waals surface area (Å²) in [4.78, 5) is 13.3. The Kier molecular flexibility index (Phi) is 4.40. The highest BCUT2D eigenvalue weighted by Gasteiger charge is 2.26. The molecular weight excluding hydrogens is 375 g/mol. The lowest BCUT2D eigenvalue weighted by Gasteiger charge is -2.07. The number of imidazole rings is 1. The summed E-state index contributed by atoms with van der Waals surface area (Å²) in [6, 6.07) is 1.74. The van der Waals surface area contributed by atoms with E-state index in [1.807, 2.05) is 20.8 Å². The molecule has 3 aromatic heterocycles. The van der Waals surface area contributed by atoms with Crippen molar-refractivity contribution in [2.24, 2.45) is 4.99 Å². The van der Waals surface area contributed by atoms with Gasteiger partial charge in [0.15, 0.2) is 5.65 Å². The van der Waals surface area contributed by atoms with Crippen molar-refractivity contribution in [1.82, 2.24) is 18.8 Å². The predicted molar refractivity (Wildman–Crippen MR) is 110 cm³/mol. The van der Waals surface area contributed by atoms with Gasteiger partial charge in [0.25, 0.3) is 0 Å². The predicted octanol–water partition coefficient (Wildman–Crippen LogP) is 4.22. The summed E-state index contributed by atoms with van der Waals surface area (Å²) in [5, 5.41) is 10.2. The highest BCUT2D eigenvalue weighted by molar-refractivity contribution is 6.41. The summed E-state index contributed by atoms with van der Waals surface area (Å²) in [5.74, 6) is 0.0612. The Morgan fingerprint density at radius 3 is 2.55 bits per heavy atom. The third-order valence-corrected chi connectivity index (χ3v) is 5.25. The van der Waals surface area contributed by atoms with Gasteiger partial charge in [-0.2, -0.15) is 0 Å². The zero-order valence-electron chi connectivity index (χ0n) is 16.8. The van der Waals surface area contributed by atoms with E-state index in [4.69, 9.17) is 0 Å². The molecule has 0 radical (unpaired) electrons. The zero-order valence-corrected chi connectivity index (χ0v) is 16.8. The summed E-state index contributed by atoms with van der Waals surface area (Å²) < 4.78 is 29.6. The second-order valence-electron chi connectivity index (χ2n) is 7.25. The first kappa shape index (κ1) is 19.1. The van der Waals surface area contributed by atoms with Gasteiger partial charge in [0.2, 0.25) is 5.88 Å². The van der Waals surface area contributed by atoms with Crippen LogP contribution in [0.1, 0.15) is 42.2 Å². The van der Waals surface area contributed by atoms with Gasteiger partial charge in [-0.25, -0.2) is 4.98 Å². The Morgan fingerprint density at radius 2 is 1.86 bits per heavy atom. The molecule has 0 atom stereocenters. The van der Waals surface area contributed by atoms with E-state index in [2.05, 4.69) is 15.0 Å². The molecule has 0 aromatic carbocycles. The lowest BCUT2D eigenvalue weighted by Crippen LogP contribution is -2.16. The van der Waals surface area contributed by atoms with Gasteiger partial charge < -0.3 is 9.58 Å². The summed E-state index contributed by atoms with van der Waals surface area (Å²) >= 11 is 0. The number of rotatable bonds is 3. The maximum atomic E-state index is 13.5. The maximum Gasteiger partial charge on any atom is 0.677 e. The number of hydrogen-bond donors (Lipinski definition) is 1. The van der Waals surface area contributed by atoms with Gasteiger partial charge in [-0.1, -0.05) is 0 Å². The van der Waals surface area contributed by atoms with E-state index in [-0.39, 0.29) is 5.88 Å². The van der Waals surface area contributed by atoms with Gasteiger partial charge in [-0.3, -0.25) is 23.0 Å². The molecule has 0 fully saturated rings. The standard InChI is InChI=1S/C20H20BF2N5O/c1-10-6-11(2)28(21(22)23)17(10)7-15-12(3)19(13(4)25-15)16-9-27-18(8-24-16)26-14(5)20(27)29/h6-9,29H,1-5H3/b15-7-. The van der Waals surface area contributed by atoms with Crippen LogP contribution in [-0.4, -0.2) is 37.1 Å². The number of aromatic hydroxyl groups is 1. The lowest BCUT2D eigenvalue weighted by molar-refractivity contribution is 0.444. The van der Waals surface area contributed by atoms with E-state index in [1.165, 1.54) is 0 Å². The number of aliphatic imine (C=N–C) groups is 1. The van der Waals surface area contributed by atoms with Crippen LogP contribution in [0.2, 0.25) is 0 Å². The Balaban J connectivity index is 1.85. The highest BCUT2D eigenvalue weighted by Crippen LogP contribution is 2.34. The van der Waals surface area contributed by atoms with Gasteiger partial charge in [0.1, 0.15) is 5.69 Å². The topological polar surface area (TPSA) is 67.7 Å². The van der Waals surface area contributed by atoms with Crippen molar-refractivity contribution in [3.8, 4) is 5.88 Å². The number of aryl methyl sites for hydroxylation is 3. The molecule has 1 aliphatic heterocycles. The molecule has 4 rings (SSSR count). The monoisotopic (exact) mass is 395 g/mol. The fourth-order valence-corrected chi connectivity index (χ4v) is 3.84. The number of aromatic nitrogens is 4. The maximum absolute atomic E-state index is 13.5. The fraction of sp³-hybridized carbons (Fsp3) is 0.250. The Labute approximate surface area is 167 Å². The van der Waals surface area contributed by atoms with Gasteiger partial charge in [-0.05, 0) is 57.9 Å². The molecule has 29 heavy (non-hydrogen) atoms. The second-order valence-corrected chi connectivity index (χ2v) is 7.25. The molecule has 0 amide bonds. The molecule has 0 unspecified atom stereocenters. The Bertz CT molecular complexity index is 1250. The average Bonchev–Trinajstić information content (AvgIpc) is 3.20. The first-order chi connectivity index (χ1) is 13.7. The first-order valence-electron chi connectivity index (χ1n) is 9.18. The molecule has 4 heterocycles. The SMILES string of the molecule is CC1=N/C(=C\c2c(C)cc(C)n2B(F)F)C(C)=C1c1cn2c(O)c(C)nc2cn1. The smallest absolute Gasteiger partial charge is 0.493 e. The van der Waals surface area contributed by atoms with E-state index in [9.17, 15) is 13.7 Å². The van der Waals surface area contributed by atoms with Crippen molar-refractivity contribution >= 4 is 30.4 Å². The minimum atomic E-state index is -2.62. The summed E-state index contributed by atoms with van der Waals surface area (Å²) in [6.07, 6.45) is 4.99. The molecule has 148 valence electrons. The average molecular weight is 395 g/mol. The molecule has 0 aliphatic carbocycles. The van der Waals surface area contributed by atoms with E-state index in [0.717, 1.165) is 26.9 Å². The van der Waals surface area contributed by atoms with Crippen LogP contribution in [0.3, 0.4) is 0 Å². The van der Waals surface area contributed by atoms with Gasteiger partial charge in [0, 0.05) is 28.9 Å². The van der Waals surface area contributed by atoms with Crippen LogP contribution in [0.25, 0.3) is 17.3 Å². The van der Waals surface area contributed by atoms with E-state index >= 15 is 0 Å². The van der Waals surface area contributed by atoms with Crippen LogP contribution in [0.4, 0.5) is 8.63 Å². The Hall–Kier alpha value is -3.23. The van der Waals surface area contributed by atoms with E-state index in [0.29, 0.717) is 34.1 Å². The third-order valence-electron chi connectivity index (χ3n) is 5.25. The largest absolute Gasteiger partial charge is 0.677 e. The van der Waals surface area contributed by atoms with Crippen LogP contribution < -0.4 is 0 Å². The van der Waals surface area contributed by atoms with Crippen molar-refractivity contribution in [3.63, 3.8) is 0 Å². The number of halogens is 2. The van der Waals surface area contributed by atoms with Crippen molar-refractivity contribution in [3.05, 3.63) is 58.1 Å². The molecule has 0 bridgehead atoms. The summed E-state index contributed by atoms with van der Waals surface area (Å²) in [7, 11) is -2.62. The molecule has 1 aliphatic rings. The number of allylic oxidation sites excluding steroid dienone is 2. The molecular formula is C20H20BF2N5O. The highest BCUT2D eigenvalue weighted by atomic mass is 19.2. The van der Waals surface area contributed by atoms with Gasteiger partial charge in [-0.15, -0.1) is 0 Å². The molecule has 0 spiro atoms. The zero-order chi connectivity index (χ0) is 21.0. The molecule has 6 nitrogen and oxygen atoms in total. The van der Waals surface area contributed by atoms with Crippen LogP contribution in [0, 0.1) is 20.8 Å². The summed E-state index contributed by atoms with van der Waals surface area (Å²) in [5.41, 5.74) is 6.41. The van der Waals surface area contributed by atoms with Gasteiger partial charge in [0.05, 0.1) is 17.6 Å². The van der Waals surface area contributed by atoms with Crippen molar-refractivity contribution in [2.45, 2.75) is 34.6 Å². The molecule has 1 N–H and O–H groups in total.